The van der Waals surface area contributed by atoms with Crippen LogP contribution in [0.1, 0.15) is 6.92 Å². The van der Waals surface area contributed by atoms with Crippen LogP contribution in [0.5, 0.6) is 0 Å². The third-order valence-electron chi connectivity index (χ3n) is 1.26. The second-order valence-electron chi connectivity index (χ2n) is 1.97. The number of carbonyl (C=O) groups is 1. The van der Waals surface area contributed by atoms with Gasteiger partial charge >= 0.3 is 5.97 Å². The predicted octanol–water partition coefficient (Wildman–Crippen LogP) is 0.326. The van der Waals surface area contributed by atoms with Crippen molar-refractivity contribution in [2.45, 2.75) is 13.2 Å². The molecular weight excluding hydrogens is 136 g/mol. The highest BCUT2D eigenvalue weighted by Crippen LogP contribution is 2.06. The first-order valence-corrected chi connectivity index (χ1v) is 2.91. The van der Waals surface area contributed by atoms with E-state index in [4.69, 9.17) is 14.6 Å². The predicted molar refractivity (Wildman–Crippen MR) is 34.6 cm³/mol. The maximum absolute atomic E-state index is 10.3. The zero-order valence-electron chi connectivity index (χ0n) is 6.33. The third-order valence-corrected chi connectivity index (χ3v) is 1.26. The molecule has 0 amide bonds. The van der Waals surface area contributed by atoms with Crippen LogP contribution in [-0.4, -0.2) is 31.6 Å². The van der Waals surface area contributed by atoms with Gasteiger partial charge in [0.05, 0.1) is 0 Å². The molecule has 0 rings (SSSR count). The molecule has 4 heteroatoms. The molecule has 1 atom stereocenters. The fraction of sp³-hybridized carbons (Fsp3) is 0.833. The number of methoxy groups -OCH3 is 2. The van der Waals surface area contributed by atoms with Gasteiger partial charge in [0, 0.05) is 14.2 Å². The van der Waals surface area contributed by atoms with Gasteiger partial charge in [-0.15, -0.1) is 0 Å². The Kier molecular flexibility index (Phi) is 3.99. The van der Waals surface area contributed by atoms with E-state index >= 15 is 0 Å². The molecule has 0 aromatic rings. The summed E-state index contributed by atoms with van der Waals surface area (Å²) in [5, 5.41) is 8.45. The van der Waals surface area contributed by atoms with Crippen molar-refractivity contribution < 1.29 is 19.4 Å². The zero-order valence-corrected chi connectivity index (χ0v) is 6.33. The van der Waals surface area contributed by atoms with Gasteiger partial charge in [-0.1, -0.05) is 0 Å². The van der Waals surface area contributed by atoms with Gasteiger partial charge in [0.15, 0.2) is 6.29 Å². The second-order valence-corrected chi connectivity index (χ2v) is 1.97. The molecule has 0 heterocycles. The van der Waals surface area contributed by atoms with Crippen LogP contribution in [-0.2, 0) is 14.3 Å². The fourth-order valence-corrected chi connectivity index (χ4v) is 0.621. The molecule has 0 bridgehead atoms. The summed E-state index contributed by atoms with van der Waals surface area (Å²) in [5.41, 5.74) is 0. The first-order valence-electron chi connectivity index (χ1n) is 2.91. The Labute approximate surface area is 59.7 Å². The van der Waals surface area contributed by atoms with Gasteiger partial charge in [0.25, 0.3) is 0 Å². The van der Waals surface area contributed by atoms with Crippen molar-refractivity contribution in [3.8, 4) is 0 Å². The van der Waals surface area contributed by atoms with Crippen molar-refractivity contribution in [2.75, 3.05) is 14.2 Å². The summed E-state index contributed by atoms with van der Waals surface area (Å²) >= 11 is 0. The lowest BCUT2D eigenvalue weighted by Gasteiger charge is -2.16. The molecule has 0 aromatic carbocycles. The Morgan fingerprint density at radius 2 is 1.80 bits per heavy atom. The highest BCUT2D eigenvalue weighted by molar-refractivity contribution is 5.69. The van der Waals surface area contributed by atoms with Crippen molar-refractivity contribution in [3.05, 3.63) is 0 Å². The van der Waals surface area contributed by atoms with Gasteiger partial charge in [-0.25, -0.2) is 0 Å². The molecule has 60 valence electrons. The van der Waals surface area contributed by atoms with E-state index in [2.05, 4.69) is 0 Å². The quantitative estimate of drug-likeness (QED) is 0.583. The van der Waals surface area contributed by atoms with Crippen molar-refractivity contribution in [3.63, 3.8) is 0 Å². The molecule has 1 N–H and O–H groups in total. The summed E-state index contributed by atoms with van der Waals surface area (Å²) in [4.78, 5) is 10.3. The van der Waals surface area contributed by atoms with Crippen molar-refractivity contribution >= 4 is 5.97 Å². The van der Waals surface area contributed by atoms with Crippen molar-refractivity contribution in [1.29, 1.82) is 0 Å². The van der Waals surface area contributed by atoms with Crippen LogP contribution < -0.4 is 0 Å². The van der Waals surface area contributed by atoms with E-state index in [1.54, 1.807) is 0 Å². The first kappa shape index (κ1) is 9.39. The van der Waals surface area contributed by atoms with Gasteiger partial charge in [0.2, 0.25) is 0 Å². The maximum Gasteiger partial charge on any atom is 0.311 e. The molecule has 0 saturated heterocycles. The average Bonchev–Trinajstić information content (AvgIpc) is 1.90. The lowest BCUT2D eigenvalue weighted by Crippen LogP contribution is -2.28. The Bertz CT molecular complexity index is 108. The van der Waals surface area contributed by atoms with E-state index in [1.165, 1.54) is 21.1 Å². The number of carboxylic acid groups (broad SMARTS) is 1. The van der Waals surface area contributed by atoms with Crippen LogP contribution in [0.2, 0.25) is 0 Å². The molecule has 0 unspecified atom stereocenters. The number of rotatable bonds is 4. The number of hydrogen-bond acceptors (Lipinski definition) is 3. The molecule has 0 fully saturated rings. The highest BCUT2D eigenvalue weighted by atomic mass is 16.7. The molecular formula is C6H12O4. The average molecular weight is 148 g/mol. The topological polar surface area (TPSA) is 55.8 Å². The van der Waals surface area contributed by atoms with Crippen LogP contribution in [0.25, 0.3) is 0 Å². The van der Waals surface area contributed by atoms with Crippen LogP contribution in [0, 0.1) is 5.92 Å². The molecule has 0 saturated carbocycles. The SMILES string of the molecule is COC(OC)[C@@H](C)C(=O)O. The molecule has 0 radical (unpaired) electrons. The van der Waals surface area contributed by atoms with E-state index < -0.39 is 18.2 Å². The van der Waals surface area contributed by atoms with Gasteiger partial charge in [-0.2, -0.15) is 0 Å². The fourth-order valence-electron chi connectivity index (χ4n) is 0.621. The van der Waals surface area contributed by atoms with Crippen LogP contribution in [0.4, 0.5) is 0 Å². The van der Waals surface area contributed by atoms with E-state index in [0.29, 0.717) is 0 Å². The van der Waals surface area contributed by atoms with Crippen LogP contribution >= 0.6 is 0 Å². The Morgan fingerprint density at radius 1 is 1.40 bits per heavy atom. The number of ether oxygens (including phenoxy) is 2. The minimum atomic E-state index is -0.922. The number of carboxylic acids is 1. The Morgan fingerprint density at radius 3 is 1.90 bits per heavy atom. The molecule has 0 aliphatic rings. The lowest BCUT2D eigenvalue weighted by atomic mass is 10.2. The van der Waals surface area contributed by atoms with Crippen LogP contribution in [0.3, 0.4) is 0 Å². The third kappa shape index (κ3) is 2.33. The van der Waals surface area contributed by atoms with Gasteiger partial charge in [0.1, 0.15) is 5.92 Å². The summed E-state index contributed by atoms with van der Waals surface area (Å²) in [6.45, 7) is 1.53. The summed E-state index contributed by atoms with van der Waals surface area (Å²) in [5.74, 6) is -1.55. The number of hydrogen-bond donors (Lipinski definition) is 1. The van der Waals surface area contributed by atoms with E-state index in [0.717, 1.165) is 0 Å². The zero-order chi connectivity index (χ0) is 8.15. The molecule has 0 aliphatic heterocycles. The normalized spacial score (nSPS) is 13.6. The highest BCUT2D eigenvalue weighted by Gasteiger charge is 2.22. The summed E-state index contributed by atoms with van der Waals surface area (Å²) in [6, 6.07) is 0. The Hall–Kier alpha value is -0.610. The molecule has 0 aromatic heterocycles. The number of aliphatic carboxylic acids is 1. The van der Waals surface area contributed by atoms with E-state index in [9.17, 15) is 4.79 Å². The van der Waals surface area contributed by atoms with E-state index in [1.807, 2.05) is 0 Å². The second kappa shape index (κ2) is 4.24. The molecule has 4 nitrogen and oxygen atoms in total. The summed E-state index contributed by atoms with van der Waals surface area (Å²) < 4.78 is 9.44. The molecule has 0 aliphatic carbocycles. The Balaban J connectivity index is 3.88. The van der Waals surface area contributed by atoms with Crippen LogP contribution in [0.15, 0.2) is 0 Å². The molecule has 10 heavy (non-hydrogen) atoms. The minimum absolute atomic E-state index is 0.630. The first-order chi connectivity index (χ1) is 4.63. The van der Waals surface area contributed by atoms with E-state index in [-0.39, 0.29) is 0 Å². The maximum atomic E-state index is 10.3. The van der Waals surface area contributed by atoms with Crippen molar-refractivity contribution in [2.24, 2.45) is 5.92 Å². The standard InChI is InChI=1S/C6H12O4/c1-4(5(7)8)6(9-2)10-3/h4,6H,1-3H3,(H,7,8)/t4-/m0/s1. The lowest BCUT2D eigenvalue weighted by molar-refractivity contribution is -0.169. The smallest absolute Gasteiger partial charge is 0.311 e. The minimum Gasteiger partial charge on any atom is -0.481 e. The van der Waals surface area contributed by atoms with Gasteiger partial charge in [-0.05, 0) is 6.92 Å². The van der Waals surface area contributed by atoms with Gasteiger partial charge in [-0.3, -0.25) is 4.79 Å². The molecule has 0 spiro atoms. The largest absolute Gasteiger partial charge is 0.481 e. The summed E-state index contributed by atoms with van der Waals surface area (Å²) in [7, 11) is 2.82. The summed E-state index contributed by atoms with van der Waals surface area (Å²) in [6.07, 6.45) is -0.655. The van der Waals surface area contributed by atoms with Gasteiger partial charge < -0.3 is 14.6 Å². The monoisotopic (exact) mass is 148 g/mol. The van der Waals surface area contributed by atoms with Crippen molar-refractivity contribution in [1.82, 2.24) is 0 Å².